The molecule has 0 saturated heterocycles. The van der Waals surface area contributed by atoms with Gasteiger partial charge in [0, 0.05) is 23.0 Å². The van der Waals surface area contributed by atoms with Gasteiger partial charge in [0.15, 0.2) is 17.9 Å². The zero-order chi connectivity index (χ0) is 19.8. The Morgan fingerprint density at radius 2 is 1.81 bits per heavy atom. The molecule has 2 aromatic rings. The van der Waals surface area contributed by atoms with Gasteiger partial charge in [0.25, 0.3) is 0 Å². The van der Waals surface area contributed by atoms with Crippen LogP contribution in [-0.4, -0.2) is 36.6 Å². The molecule has 0 aliphatic rings. The lowest BCUT2D eigenvalue weighted by Gasteiger charge is -2.11. The maximum atomic E-state index is 12.4. The number of aliphatic imine (C=N–C) groups is 1. The first-order valence-corrected chi connectivity index (χ1v) is 8.68. The molecule has 0 aliphatic heterocycles. The van der Waals surface area contributed by atoms with Crippen LogP contribution in [0.1, 0.15) is 24.2 Å². The highest BCUT2D eigenvalue weighted by Crippen LogP contribution is 2.19. The fraction of sp³-hybridized carbons (Fsp3) is 0.250. The number of Topliss-reactive ketones (excluding diaryl/α,β-unsaturated/α-hetero) is 1. The molecule has 7 heteroatoms. The lowest BCUT2D eigenvalue weighted by atomic mass is 10.1. The molecular formula is C20H21ClN2O4. The highest BCUT2D eigenvalue weighted by atomic mass is 35.5. The minimum atomic E-state index is -1.35. The molecule has 0 aliphatic carbocycles. The fourth-order valence-electron chi connectivity index (χ4n) is 2.13. The summed E-state index contributed by atoms with van der Waals surface area (Å²) in [5.41, 5.74) is 1.71. The molecule has 1 atom stereocenters. The normalized spacial score (nSPS) is 11.3. The number of hydrogen-bond donors (Lipinski definition) is 1. The van der Waals surface area contributed by atoms with Crippen molar-refractivity contribution in [3.63, 3.8) is 0 Å². The van der Waals surface area contributed by atoms with E-state index in [1.54, 1.807) is 48.5 Å². The molecule has 2 aromatic carbocycles. The van der Waals surface area contributed by atoms with Crippen LogP contribution in [0.4, 0.5) is 5.69 Å². The predicted molar refractivity (Wildman–Crippen MR) is 106 cm³/mol. The van der Waals surface area contributed by atoms with E-state index in [9.17, 15) is 9.59 Å². The van der Waals surface area contributed by atoms with Crippen LogP contribution in [-0.2, 0) is 4.79 Å². The predicted octanol–water partition coefficient (Wildman–Crippen LogP) is 3.94. The van der Waals surface area contributed by atoms with Crippen molar-refractivity contribution in [2.24, 2.45) is 4.99 Å². The smallest absolute Gasteiger partial charge is 0.250 e. The minimum absolute atomic E-state index is 0.188. The van der Waals surface area contributed by atoms with Gasteiger partial charge in [-0.25, -0.2) is 0 Å². The van der Waals surface area contributed by atoms with Crippen molar-refractivity contribution in [3.8, 4) is 11.5 Å². The highest BCUT2D eigenvalue weighted by molar-refractivity contribution is 6.45. The minimum Gasteiger partial charge on any atom is -0.497 e. The van der Waals surface area contributed by atoms with Gasteiger partial charge in [-0.05, 0) is 50.2 Å². The van der Waals surface area contributed by atoms with Crippen molar-refractivity contribution in [2.75, 3.05) is 19.2 Å². The number of rotatable bonds is 8. The molecule has 1 amide bonds. The molecule has 0 radical (unpaired) electrons. The molecule has 142 valence electrons. The Kier molecular flexibility index (Phi) is 7.37. The van der Waals surface area contributed by atoms with Gasteiger partial charge < -0.3 is 14.8 Å². The van der Waals surface area contributed by atoms with Crippen LogP contribution in [0.3, 0.4) is 0 Å². The lowest BCUT2D eigenvalue weighted by molar-refractivity contribution is -0.115. The van der Waals surface area contributed by atoms with E-state index in [1.807, 2.05) is 13.8 Å². The van der Waals surface area contributed by atoms with Crippen molar-refractivity contribution in [2.45, 2.75) is 19.2 Å². The second-order valence-corrected chi connectivity index (χ2v) is 6.29. The van der Waals surface area contributed by atoms with Crippen LogP contribution >= 0.6 is 11.6 Å². The molecule has 2 rings (SSSR count). The van der Waals surface area contributed by atoms with E-state index in [-0.39, 0.29) is 6.73 Å². The number of nitrogens with zero attached hydrogens (tertiary/aromatic N) is 1. The Labute approximate surface area is 163 Å². The summed E-state index contributed by atoms with van der Waals surface area (Å²) >= 11 is 6.06. The summed E-state index contributed by atoms with van der Waals surface area (Å²) < 4.78 is 10.5. The third kappa shape index (κ3) is 6.11. The maximum Gasteiger partial charge on any atom is 0.250 e. The quantitative estimate of drug-likeness (QED) is 0.321. The van der Waals surface area contributed by atoms with Crippen molar-refractivity contribution in [3.05, 3.63) is 54.1 Å². The standard InChI is InChI=1S/C20H21ClN2O4/c1-13(2)22-12-27-17-6-4-5-15(11-17)23-20(25)18(21)19(24)14-7-9-16(26-3)10-8-14/h4-11,18H,12H2,1-3H3,(H,23,25). The van der Waals surface area contributed by atoms with Crippen LogP contribution in [0.2, 0.25) is 0 Å². The first-order chi connectivity index (χ1) is 12.9. The number of ketones is 1. The molecule has 0 fully saturated rings. The third-order valence-corrected chi connectivity index (χ3v) is 3.94. The summed E-state index contributed by atoms with van der Waals surface area (Å²) in [7, 11) is 1.53. The number of methoxy groups -OCH3 is 1. The molecule has 0 spiro atoms. The molecule has 0 heterocycles. The van der Waals surface area contributed by atoms with Gasteiger partial charge in [0.05, 0.1) is 7.11 Å². The molecule has 6 nitrogen and oxygen atoms in total. The van der Waals surface area contributed by atoms with Gasteiger partial charge in [-0.1, -0.05) is 6.07 Å². The highest BCUT2D eigenvalue weighted by Gasteiger charge is 2.25. The lowest BCUT2D eigenvalue weighted by Crippen LogP contribution is -2.30. The molecule has 27 heavy (non-hydrogen) atoms. The first kappa shape index (κ1) is 20.5. The number of halogens is 1. The van der Waals surface area contributed by atoms with Crippen molar-refractivity contribution < 1.29 is 19.1 Å². The Morgan fingerprint density at radius 1 is 1.11 bits per heavy atom. The zero-order valence-corrected chi connectivity index (χ0v) is 16.1. The topological polar surface area (TPSA) is 77.0 Å². The second-order valence-electron chi connectivity index (χ2n) is 5.85. The number of benzene rings is 2. The van der Waals surface area contributed by atoms with E-state index in [1.165, 1.54) is 7.11 Å². The van der Waals surface area contributed by atoms with Gasteiger partial charge in [0.2, 0.25) is 5.91 Å². The Balaban J connectivity index is 2.00. The Hall–Kier alpha value is -2.86. The van der Waals surface area contributed by atoms with Crippen LogP contribution in [0, 0.1) is 0 Å². The van der Waals surface area contributed by atoms with Crippen LogP contribution in [0.15, 0.2) is 53.5 Å². The largest absolute Gasteiger partial charge is 0.497 e. The number of hydrogen-bond acceptors (Lipinski definition) is 5. The van der Waals surface area contributed by atoms with E-state index < -0.39 is 17.1 Å². The summed E-state index contributed by atoms with van der Waals surface area (Å²) in [6, 6.07) is 13.2. The van der Waals surface area contributed by atoms with Gasteiger partial charge in [-0.2, -0.15) is 0 Å². The molecule has 1 unspecified atom stereocenters. The van der Waals surface area contributed by atoms with E-state index in [0.29, 0.717) is 22.7 Å². The number of amides is 1. The summed E-state index contributed by atoms with van der Waals surface area (Å²) in [4.78, 5) is 28.8. The molecular weight excluding hydrogens is 368 g/mol. The van der Waals surface area contributed by atoms with Crippen molar-refractivity contribution >= 4 is 34.7 Å². The van der Waals surface area contributed by atoms with E-state index in [2.05, 4.69) is 10.3 Å². The van der Waals surface area contributed by atoms with Crippen LogP contribution in [0.25, 0.3) is 0 Å². The summed E-state index contributed by atoms with van der Waals surface area (Å²) in [6.07, 6.45) is 0. The number of nitrogens with one attached hydrogen (secondary N) is 1. The number of ether oxygens (including phenoxy) is 2. The summed E-state index contributed by atoms with van der Waals surface area (Å²) in [5, 5.41) is 1.27. The zero-order valence-electron chi connectivity index (χ0n) is 15.4. The summed E-state index contributed by atoms with van der Waals surface area (Å²) in [6.45, 7) is 3.94. The Morgan fingerprint density at radius 3 is 2.44 bits per heavy atom. The van der Waals surface area contributed by atoms with Gasteiger partial charge in [-0.3, -0.25) is 14.6 Å². The van der Waals surface area contributed by atoms with E-state index in [4.69, 9.17) is 21.1 Å². The van der Waals surface area contributed by atoms with E-state index >= 15 is 0 Å². The van der Waals surface area contributed by atoms with Crippen LogP contribution < -0.4 is 14.8 Å². The van der Waals surface area contributed by atoms with Crippen molar-refractivity contribution in [1.29, 1.82) is 0 Å². The number of anilines is 1. The third-order valence-electron chi connectivity index (χ3n) is 3.55. The fourth-order valence-corrected chi connectivity index (χ4v) is 2.31. The monoisotopic (exact) mass is 388 g/mol. The molecule has 0 aromatic heterocycles. The SMILES string of the molecule is COc1ccc(C(=O)C(Cl)C(=O)Nc2cccc(OCN=C(C)C)c2)cc1. The summed E-state index contributed by atoms with van der Waals surface area (Å²) in [5.74, 6) is 0.0565. The van der Waals surface area contributed by atoms with Gasteiger partial charge >= 0.3 is 0 Å². The molecule has 1 N–H and O–H groups in total. The van der Waals surface area contributed by atoms with Gasteiger partial charge in [0.1, 0.15) is 11.5 Å². The average molecular weight is 389 g/mol. The van der Waals surface area contributed by atoms with Crippen molar-refractivity contribution in [1.82, 2.24) is 0 Å². The molecule has 0 bridgehead atoms. The number of carbonyl (C=O) groups excluding carboxylic acids is 2. The van der Waals surface area contributed by atoms with Crippen LogP contribution in [0.5, 0.6) is 11.5 Å². The maximum absolute atomic E-state index is 12.4. The number of alkyl halides is 1. The molecule has 0 saturated carbocycles. The average Bonchev–Trinajstić information content (AvgIpc) is 2.67. The first-order valence-electron chi connectivity index (χ1n) is 8.24. The number of carbonyl (C=O) groups is 2. The van der Waals surface area contributed by atoms with E-state index in [0.717, 1.165) is 5.71 Å². The van der Waals surface area contributed by atoms with Gasteiger partial charge in [-0.15, -0.1) is 11.6 Å². The Bertz CT molecular complexity index is 830. The second kappa shape index (κ2) is 9.73.